The van der Waals surface area contributed by atoms with Crippen molar-refractivity contribution in [2.75, 3.05) is 21.3 Å². The van der Waals surface area contributed by atoms with E-state index in [0.29, 0.717) is 17.6 Å². The molecule has 1 atom stereocenters. The van der Waals surface area contributed by atoms with Crippen LogP contribution < -0.4 is 14.2 Å². The molecule has 0 saturated heterocycles. The highest BCUT2D eigenvalue weighted by Gasteiger charge is 2.33. The largest absolute Gasteiger partial charge is 0.492 e. The zero-order chi connectivity index (χ0) is 14.9. The molecule has 0 fully saturated rings. The molecule has 20 heavy (non-hydrogen) atoms. The second kappa shape index (κ2) is 6.25. The number of benzene rings is 1. The summed E-state index contributed by atoms with van der Waals surface area (Å²) in [6.45, 7) is 4.57. The van der Waals surface area contributed by atoms with Crippen LogP contribution in [0.25, 0.3) is 0 Å². The first-order chi connectivity index (χ1) is 9.58. The van der Waals surface area contributed by atoms with Crippen LogP contribution in [-0.4, -0.2) is 21.3 Å². The maximum absolute atomic E-state index is 5.63. The molecule has 0 heterocycles. The van der Waals surface area contributed by atoms with Crippen molar-refractivity contribution in [3.63, 3.8) is 0 Å². The molecule has 0 N–H and O–H groups in total. The second-order valence-electron chi connectivity index (χ2n) is 5.58. The van der Waals surface area contributed by atoms with Crippen LogP contribution in [0.2, 0.25) is 0 Å². The molecule has 1 aromatic carbocycles. The minimum absolute atomic E-state index is 0.660. The van der Waals surface area contributed by atoms with Crippen LogP contribution in [0.1, 0.15) is 30.5 Å². The van der Waals surface area contributed by atoms with Crippen molar-refractivity contribution < 1.29 is 14.2 Å². The van der Waals surface area contributed by atoms with Gasteiger partial charge in [0, 0.05) is 16.5 Å². The lowest BCUT2D eigenvalue weighted by Crippen LogP contribution is -2.07. The molecular formula is C16H23BrO3. The van der Waals surface area contributed by atoms with Crippen LogP contribution in [0.15, 0.2) is 0 Å². The summed E-state index contributed by atoms with van der Waals surface area (Å²) in [6, 6.07) is 0. The van der Waals surface area contributed by atoms with E-state index in [1.807, 2.05) is 0 Å². The van der Waals surface area contributed by atoms with Gasteiger partial charge in [0.25, 0.3) is 0 Å². The van der Waals surface area contributed by atoms with Gasteiger partial charge in [-0.25, -0.2) is 0 Å². The van der Waals surface area contributed by atoms with Crippen molar-refractivity contribution >= 4 is 15.9 Å². The van der Waals surface area contributed by atoms with Crippen LogP contribution >= 0.6 is 15.9 Å². The van der Waals surface area contributed by atoms with Crippen molar-refractivity contribution in [3.05, 3.63) is 16.7 Å². The van der Waals surface area contributed by atoms with E-state index in [4.69, 9.17) is 14.2 Å². The number of rotatable bonds is 5. The number of hydrogen-bond donors (Lipinski definition) is 0. The molecule has 0 aromatic heterocycles. The topological polar surface area (TPSA) is 27.7 Å². The number of fused-ring (bicyclic) bond motifs is 1. The third-order valence-electron chi connectivity index (χ3n) is 4.31. The standard InChI is InChI=1S/C16H23BrO3/c1-9(2)10-6-11-12(7-10)14(18-3)16(20-5)15(19-4)13(11)8-17/h9-10H,6-8H2,1-5H3. The van der Waals surface area contributed by atoms with Crippen molar-refractivity contribution in [2.24, 2.45) is 11.8 Å². The van der Waals surface area contributed by atoms with Gasteiger partial charge in [0.2, 0.25) is 5.75 Å². The van der Waals surface area contributed by atoms with Crippen molar-refractivity contribution in [1.82, 2.24) is 0 Å². The monoisotopic (exact) mass is 342 g/mol. The van der Waals surface area contributed by atoms with Crippen LogP contribution in [0.3, 0.4) is 0 Å². The summed E-state index contributed by atoms with van der Waals surface area (Å²) < 4.78 is 16.8. The molecule has 0 saturated carbocycles. The average molecular weight is 343 g/mol. The van der Waals surface area contributed by atoms with Crippen molar-refractivity contribution in [2.45, 2.75) is 32.0 Å². The predicted molar refractivity (Wildman–Crippen MR) is 84.5 cm³/mol. The minimum Gasteiger partial charge on any atom is -0.492 e. The minimum atomic E-state index is 0.660. The maximum atomic E-state index is 5.63. The highest BCUT2D eigenvalue weighted by molar-refractivity contribution is 9.08. The molecule has 1 aliphatic rings. The van der Waals surface area contributed by atoms with Crippen LogP contribution in [-0.2, 0) is 18.2 Å². The van der Waals surface area contributed by atoms with Crippen LogP contribution in [0.4, 0.5) is 0 Å². The lowest BCUT2D eigenvalue weighted by Gasteiger charge is -2.19. The summed E-state index contributed by atoms with van der Waals surface area (Å²) >= 11 is 3.59. The zero-order valence-corrected chi connectivity index (χ0v) is 14.5. The number of ether oxygens (including phenoxy) is 3. The predicted octanol–water partition coefficient (Wildman–Crippen LogP) is 3.98. The van der Waals surface area contributed by atoms with E-state index in [1.165, 1.54) is 16.7 Å². The number of alkyl halides is 1. The first-order valence-electron chi connectivity index (χ1n) is 6.97. The van der Waals surface area contributed by atoms with E-state index < -0.39 is 0 Å². The molecule has 0 radical (unpaired) electrons. The molecule has 3 nitrogen and oxygen atoms in total. The number of methoxy groups -OCH3 is 3. The van der Waals surface area contributed by atoms with Gasteiger partial charge in [-0.1, -0.05) is 29.8 Å². The Balaban J connectivity index is 2.65. The summed E-state index contributed by atoms with van der Waals surface area (Å²) in [5.74, 6) is 3.67. The molecule has 0 bridgehead atoms. The normalized spacial score (nSPS) is 17.2. The first-order valence-corrected chi connectivity index (χ1v) is 8.09. The second-order valence-corrected chi connectivity index (χ2v) is 6.14. The zero-order valence-electron chi connectivity index (χ0n) is 12.9. The van der Waals surface area contributed by atoms with Crippen molar-refractivity contribution in [3.8, 4) is 17.2 Å². The molecular weight excluding hydrogens is 320 g/mol. The Morgan fingerprint density at radius 3 is 1.95 bits per heavy atom. The highest BCUT2D eigenvalue weighted by Crippen LogP contribution is 2.50. The van der Waals surface area contributed by atoms with E-state index in [2.05, 4.69) is 29.8 Å². The van der Waals surface area contributed by atoms with Crippen molar-refractivity contribution in [1.29, 1.82) is 0 Å². The fraction of sp³-hybridized carbons (Fsp3) is 0.625. The van der Waals surface area contributed by atoms with E-state index in [9.17, 15) is 0 Å². The number of halogens is 1. The first kappa shape index (κ1) is 15.5. The summed E-state index contributed by atoms with van der Waals surface area (Å²) in [6.07, 6.45) is 2.14. The Hall–Kier alpha value is -0.900. The van der Waals surface area contributed by atoms with Gasteiger partial charge in [-0.2, -0.15) is 0 Å². The molecule has 2 rings (SSSR count). The van der Waals surface area contributed by atoms with E-state index in [0.717, 1.165) is 29.7 Å². The van der Waals surface area contributed by atoms with Gasteiger partial charge in [0.15, 0.2) is 11.5 Å². The molecule has 0 amide bonds. The summed E-state index contributed by atoms with van der Waals surface area (Å²) in [4.78, 5) is 0. The van der Waals surface area contributed by atoms with Gasteiger partial charge < -0.3 is 14.2 Å². The van der Waals surface area contributed by atoms with Gasteiger partial charge in [-0.3, -0.25) is 0 Å². The Morgan fingerprint density at radius 1 is 0.950 bits per heavy atom. The lowest BCUT2D eigenvalue weighted by molar-refractivity contribution is 0.320. The molecule has 0 spiro atoms. The van der Waals surface area contributed by atoms with Gasteiger partial charge in [-0.15, -0.1) is 0 Å². The molecule has 4 heteroatoms. The highest BCUT2D eigenvalue weighted by atomic mass is 79.9. The molecule has 1 aromatic rings. The SMILES string of the molecule is COc1c(CBr)c2c(c(OC)c1OC)CC(C(C)C)C2. The third kappa shape index (κ3) is 2.39. The Morgan fingerprint density at radius 2 is 1.50 bits per heavy atom. The molecule has 112 valence electrons. The molecule has 0 aliphatic heterocycles. The van der Waals surface area contributed by atoms with Crippen LogP contribution in [0.5, 0.6) is 17.2 Å². The van der Waals surface area contributed by atoms with Crippen LogP contribution in [0, 0.1) is 11.8 Å². The Labute approximate surface area is 129 Å². The Kier molecular flexibility index (Phi) is 4.84. The Bertz CT molecular complexity index is 456. The van der Waals surface area contributed by atoms with Gasteiger partial charge in [0.05, 0.1) is 21.3 Å². The quantitative estimate of drug-likeness (QED) is 0.757. The smallest absolute Gasteiger partial charge is 0.203 e. The summed E-state index contributed by atoms with van der Waals surface area (Å²) in [5.41, 5.74) is 3.86. The maximum Gasteiger partial charge on any atom is 0.203 e. The van der Waals surface area contributed by atoms with E-state index in [1.54, 1.807) is 21.3 Å². The van der Waals surface area contributed by atoms with Gasteiger partial charge in [-0.05, 0) is 30.2 Å². The molecule has 1 unspecified atom stereocenters. The van der Waals surface area contributed by atoms with Gasteiger partial charge >= 0.3 is 0 Å². The van der Waals surface area contributed by atoms with Gasteiger partial charge in [0.1, 0.15) is 0 Å². The number of hydrogen-bond acceptors (Lipinski definition) is 3. The molecule has 1 aliphatic carbocycles. The third-order valence-corrected chi connectivity index (χ3v) is 4.87. The fourth-order valence-corrected chi connectivity index (χ4v) is 3.72. The van der Waals surface area contributed by atoms with E-state index in [-0.39, 0.29) is 0 Å². The lowest BCUT2D eigenvalue weighted by atomic mass is 9.93. The average Bonchev–Trinajstić information content (AvgIpc) is 2.88. The van der Waals surface area contributed by atoms with E-state index >= 15 is 0 Å². The summed E-state index contributed by atoms with van der Waals surface area (Å²) in [7, 11) is 5.05. The fourth-order valence-electron chi connectivity index (χ4n) is 3.12. The summed E-state index contributed by atoms with van der Waals surface area (Å²) in [5, 5.41) is 0.768.